The molecule has 0 aromatic heterocycles. The Morgan fingerprint density at radius 2 is 2.00 bits per heavy atom. The summed E-state index contributed by atoms with van der Waals surface area (Å²) >= 11 is 1.74. The minimum absolute atomic E-state index is 0.00694. The summed E-state index contributed by atoms with van der Waals surface area (Å²) in [4.78, 5) is 23.5. The predicted octanol–water partition coefficient (Wildman–Crippen LogP) is 3.18. The first kappa shape index (κ1) is 17.6. The van der Waals surface area contributed by atoms with Crippen LogP contribution in [0.25, 0.3) is 0 Å². The molecule has 0 heterocycles. The van der Waals surface area contributed by atoms with Gasteiger partial charge in [-0.25, -0.2) is 0 Å². The van der Waals surface area contributed by atoms with Crippen molar-refractivity contribution in [3.8, 4) is 0 Å². The lowest BCUT2D eigenvalue weighted by molar-refractivity contribution is -0.138. The molecule has 4 nitrogen and oxygen atoms in total. The van der Waals surface area contributed by atoms with Crippen molar-refractivity contribution in [2.75, 3.05) is 12.3 Å². The van der Waals surface area contributed by atoms with Gasteiger partial charge in [-0.3, -0.25) is 9.59 Å². The van der Waals surface area contributed by atoms with E-state index in [1.165, 1.54) is 4.90 Å². The summed E-state index contributed by atoms with van der Waals surface area (Å²) in [5.41, 5.74) is 0. The van der Waals surface area contributed by atoms with Crippen LogP contribution in [0, 0.1) is 5.92 Å². The lowest BCUT2D eigenvalue weighted by Crippen LogP contribution is -2.30. The van der Waals surface area contributed by atoms with Crippen molar-refractivity contribution in [2.24, 2.45) is 5.92 Å². The Morgan fingerprint density at radius 3 is 2.62 bits per heavy atom. The largest absolute Gasteiger partial charge is 0.481 e. The van der Waals surface area contributed by atoms with Gasteiger partial charge in [-0.2, -0.15) is 0 Å². The Balaban J connectivity index is 2.12. The maximum Gasteiger partial charge on any atom is 0.303 e. The van der Waals surface area contributed by atoms with E-state index in [2.05, 4.69) is 17.4 Å². The third-order valence-corrected chi connectivity index (χ3v) is 4.29. The molecular formula is C16H23NO3S. The number of aliphatic carboxylic acids is 1. The Kier molecular flexibility index (Phi) is 8.59. The Labute approximate surface area is 130 Å². The standard InChI is InChI=1S/C16H23NO3S/c1-2-13(11-16(19)20)12-17-15(18)9-6-10-21-14-7-4-3-5-8-14/h3-5,7-8,13H,2,6,9-12H2,1H3,(H,17,18)(H,19,20). The highest BCUT2D eigenvalue weighted by Crippen LogP contribution is 2.18. The van der Waals surface area contributed by atoms with Gasteiger partial charge in [0.05, 0.1) is 0 Å². The fraction of sp³-hybridized carbons (Fsp3) is 0.500. The molecule has 1 amide bonds. The summed E-state index contributed by atoms with van der Waals surface area (Å²) in [6.07, 6.45) is 2.18. The lowest BCUT2D eigenvalue weighted by Gasteiger charge is -2.13. The zero-order chi connectivity index (χ0) is 15.5. The molecular weight excluding hydrogens is 286 g/mol. The highest BCUT2D eigenvalue weighted by atomic mass is 32.2. The first-order valence-electron chi connectivity index (χ1n) is 7.28. The van der Waals surface area contributed by atoms with Crippen molar-refractivity contribution < 1.29 is 14.7 Å². The van der Waals surface area contributed by atoms with Crippen molar-refractivity contribution >= 4 is 23.6 Å². The van der Waals surface area contributed by atoms with Crippen molar-refractivity contribution in [1.82, 2.24) is 5.32 Å². The second-order valence-corrected chi connectivity index (χ2v) is 6.11. The molecule has 1 unspecified atom stereocenters. The van der Waals surface area contributed by atoms with Crippen LogP contribution in [0.4, 0.5) is 0 Å². The number of hydrogen-bond donors (Lipinski definition) is 2. The Bertz CT molecular complexity index is 436. The molecule has 116 valence electrons. The number of carbonyl (C=O) groups excluding carboxylic acids is 1. The minimum atomic E-state index is -0.810. The van der Waals surface area contributed by atoms with E-state index in [0.717, 1.165) is 18.6 Å². The van der Waals surface area contributed by atoms with E-state index in [1.54, 1.807) is 11.8 Å². The van der Waals surface area contributed by atoms with Gasteiger partial charge in [0.15, 0.2) is 0 Å². The van der Waals surface area contributed by atoms with Crippen LogP contribution in [0.5, 0.6) is 0 Å². The van der Waals surface area contributed by atoms with E-state index in [-0.39, 0.29) is 18.2 Å². The number of nitrogens with one attached hydrogen (secondary N) is 1. The molecule has 0 aliphatic rings. The molecule has 1 aromatic carbocycles. The van der Waals surface area contributed by atoms with Gasteiger partial charge >= 0.3 is 5.97 Å². The van der Waals surface area contributed by atoms with E-state index < -0.39 is 5.97 Å². The molecule has 0 bridgehead atoms. The van der Waals surface area contributed by atoms with Crippen LogP contribution in [0.2, 0.25) is 0 Å². The lowest BCUT2D eigenvalue weighted by atomic mass is 10.0. The van der Waals surface area contributed by atoms with Crippen LogP contribution < -0.4 is 5.32 Å². The van der Waals surface area contributed by atoms with E-state index in [4.69, 9.17) is 5.11 Å². The number of thioether (sulfide) groups is 1. The quantitative estimate of drug-likeness (QED) is 0.514. The average Bonchev–Trinajstić information content (AvgIpc) is 2.48. The third kappa shape index (κ3) is 8.40. The molecule has 21 heavy (non-hydrogen) atoms. The maximum absolute atomic E-state index is 11.7. The minimum Gasteiger partial charge on any atom is -0.481 e. The van der Waals surface area contributed by atoms with E-state index >= 15 is 0 Å². The summed E-state index contributed by atoms with van der Waals surface area (Å²) in [6.45, 7) is 2.39. The second kappa shape index (κ2) is 10.3. The topological polar surface area (TPSA) is 66.4 Å². The highest BCUT2D eigenvalue weighted by Gasteiger charge is 2.12. The van der Waals surface area contributed by atoms with E-state index in [9.17, 15) is 9.59 Å². The zero-order valence-electron chi connectivity index (χ0n) is 12.4. The average molecular weight is 309 g/mol. The van der Waals surface area contributed by atoms with Gasteiger partial charge in [0, 0.05) is 24.3 Å². The molecule has 1 rings (SSSR count). The van der Waals surface area contributed by atoms with Gasteiger partial charge in [0.2, 0.25) is 5.91 Å². The molecule has 0 saturated heterocycles. The number of hydrogen-bond acceptors (Lipinski definition) is 3. The number of carboxylic acid groups (broad SMARTS) is 1. The molecule has 1 aromatic rings. The van der Waals surface area contributed by atoms with E-state index in [0.29, 0.717) is 13.0 Å². The Morgan fingerprint density at radius 1 is 1.29 bits per heavy atom. The number of carboxylic acids is 1. The second-order valence-electron chi connectivity index (χ2n) is 4.94. The molecule has 0 fully saturated rings. The SMILES string of the molecule is CCC(CNC(=O)CCCSc1ccccc1)CC(=O)O. The van der Waals surface area contributed by atoms with Crippen LogP contribution in [-0.2, 0) is 9.59 Å². The molecule has 0 saturated carbocycles. The normalized spacial score (nSPS) is 11.9. The molecule has 0 aliphatic carbocycles. The van der Waals surface area contributed by atoms with Crippen LogP contribution in [0.1, 0.15) is 32.6 Å². The monoisotopic (exact) mass is 309 g/mol. The predicted molar refractivity (Wildman–Crippen MR) is 85.4 cm³/mol. The van der Waals surface area contributed by atoms with Gasteiger partial charge < -0.3 is 10.4 Å². The van der Waals surface area contributed by atoms with Gasteiger partial charge in [0.1, 0.15) is 0 Å². The molecule has 0 spiro atoms. The first-order valence-corrected chi connectivity index (χ1v) is 8.26. The number of carbonyl (C=O) groups is 2. The van der Waals surface area contributed by atoms with Crippen molar-refractivity contribution in [2.45, 2.75) is 37.5 Å². The number of benzene rings is 1. The summed E-state index contributed by atoms with van der Waals surface area (Å²) in [7, 11) is 0. The number of amides is 1. The molecule has 1 atom stereocenters. The van der Waals surface area contributed by atoms with Crippen LogP contribution in [-0.4, -0.2) is 29.3 Å². The van der Waals surface area contributed by atoms with Gasteiger partial charge in [-0.1, -0.05) is 31.5 Å². The van der Waals surface area contributed by atoms with Gasteiger partial charge in [0.25, 0.3) is 0 Å². The molecule has 5 heteroatoms. The van der Waals surface area contributed by atoms with Crippen molar-refractivity contribution in [3.63, 3.8) is 0 Å². The third-order valence-electron chi connectivity index (χ3n) is 3.19. The van der Waals surface area contributed by atoms with Crippen LogP contribution >= 0.6 is 11.8 Å². The van der Waals surface area contributed by atoms with Crippen LogP contribution in [0.15, 0.2) is 35.2 Å². The highest BCUT2D eigenvalue weighted by molar-refractivity contribution is 7.99. The maximum atomic E-state index is 11.7. The molecule has 2 N–H and O–H groups in total. The van der Waals surface area contributed by atoms with Crippen molar-refractivity contribution in [1.29, 1.82) is 0 Å². The smallest absolute Gasteiger partial charge is 0.303 e. The first-order chi connectivity index (χ1) is 10.1. The fourth-order valence-corrected chi connectivity index (χ4v) is 2.77. The molecule has 0 aliphatic heterocycles. The molecule has 0 radical (unpaired) electrons. The van der Waals surface area contributed by atoms with E-state index in [1.807, 2.05) is 25.1 Å². The summed E-state index contributed by atoms with van der Waals surface area (Å²) in [5.74, 6) is 0.122. The fourth-order valence-electron chi connectivity index (χ4n) is 1.89. The Hall–Kier alpha value is -1.49. The zero-order valence-corrected chi connectivity index (χ0v) is 13.2. The summed E-state index contributed by atoms with van der Waals surface area (Å²) in [5, 5.41) is 11.6. The summed E-state index contributed by atoms with van der Waals surface area (Å²) < 4.78 is 0. The van der Waals surface area contributed by atoms with Crippen LogP contribution in [0.3, 0.4) is 0 Å². The van der Waals surface area contributed by atoms with Gasteiger partial charge in [-0.15, -0.1) is 11.8 Å². The van der Waals surface area contributed by atoms with Crippen molar-refractivity contribution in [3.05, 3.63) is 30.3 Å². The van der Waals surface area contributed by atoms with Gasteiger partial charge in [-0.05, 0) is 30.2 Å². The number of rotatable bonds is 10. The summed E-state index contributed by atoms with van der Waals surface area (Å²) in [6, 6.07) is 10.1.